The first-order valence-corrected chi connectivity index (χ1v) is 12.2. The zero-order valence-electron chi connectivity index (χ0n) is 20.4. The van der Waals surface area contributed by atoms with E-state index in [1.54, 1.807) is 42.5 Å². The van der Waals surface area contributed by atoms with Crippen molar-refractivity contribution in [3.05, 3.63) is 101 Å². The van der Waals surface area contributed by atoms with Gasteiger partial charge in [-0.05, 0) is 41.8 Å². The second kappa shape index (κ2) is 10.3. The molecule has 36 heavy (non-hydrogen) atoms. The molecule has 1 saturated heterocycles. The topological polar surface area (TPSA) is 70.2 Å². The van der Waals surface area contributed by atoms with Gasteiger partial charge in [0, 0.05) is 32.7 Å². The third-order valence-electron chi connectivity index (χ3n) is 6.93. The molecular weight excluding hydrogens is 454 g/mol. The van der Waals surface area contributed by atoms with E-state index in [1.807, 2.05) is 11.0 Å². The van der Waals surface area contributed by atoms with E-state index in [9.17, 15) is 14.4 Å². The zero-order valence-corrected chi connectivity index (χ0v) is 20.4. The van der Waals surface area contributed by atoms with Crippen LogP contribution in [0.2, 0.25) is 0 Å². The largest absolute Gasteiger partial charge is 0.496 e. The van der Waals surface area contributed by atoms with E-state index in [0.29, 0.717) is 41.1 Å². The van der Waals surface area contributed by atoms with Crippen LogP contribution in [0.15, 0.2) is 72.8 Å². The van der Waals surface area contributed by atoms with Gasteiger partial charge in [-0.1, -0.05) is 48.5 Å². The molecule has 2 heterocycles. The fourth-order valence-electron chi connectivity index (χ4n) is 4.86. The molecule has 5 rings (SSSR count). The number of methoxy groups -OCH3 is 1. The number of piperazine rings is 1. The van der Waals surface area contributed by atoms with Crippen LogP contribution in [0.3, 0.4) is 0 Å². The maximum absolute atomic E-state index is 13.4. The minimum absolute atomic E-state index is 0.0984. The Morgan fingerprint density at radius 1 is 0.806 bits per heavy atom. The average Bonchev–Trinajstić information content (AvgIpc) is 3.17. The first-order valence-electron chi connectivity index (χ1n) is 12.2. The van der Waals surface area contributed by atoms with E-state index in [-0.39, 0.29) is 24.3 Å². The maximum Gasteiger partial charge on any atom is 0.261 e. The van der Waals surface area contributed by atoms with E-state index in [0.717, 1.165) is 26.1 Å². The van der Waals surface area contributed by atoms with Gasteiger partial charge in [-0.25, -0.2) is 0 Å². The minimum Gasteiger partial charge on any atom is -0.496 e. The average molecular weight is 484 g/mol. The molecule has 184 valence electrons. The molecule has 0 aliphatic carbocycles. The van der Waals surface area contributed by atoms with Crippen LogP contribution in [0.1, 0.15) is 42.2 Å². The first-order chi connectivity index (χ1) is 17.5. The Bertz CT molecular complexity index is 1250. The highest BCUT2D eigenvalue weighted by atomic mass is 16.5. The highest BCUT2D eigenvalue weighted by Crippen LogP contribution is 2.27. The number of rotatable bonds is 7. The van der Waals surface area contributed by atoms with E-state index < -0.39 is 0 Å². The van der Waals surface area contributed by atoms with Crippen molar-refractivity contribution in [3.8, 4) is 5.75 Å². The summed E-state index contributed by atoms with van der Waals surface area (Å²) in [6, 6.07) is 22.5. The molecule has 7 nitrogen and oxygen atoms in total. The van der Waals surface area contributed by atoms with Gasteiger partial charge in [0.15, 0.2) is 0 Å². The highest BCUT2D eigenvalue weighted by Gasteiger charge is 2.35. The van der Waals surface area contributed by atoms with Gasteiger partial charge in [-0.2, -0.15) is 0 Å². The minimum atomic E-state index is -0.314. The molecule has 0 N–H and O–H groups in total. The van der Waals surface area contributed by atoms with Crippen LogP contribution in [0.5, 0.6) is 5.75 Å². The van der Waals surface area contributed by atoms with Crippen molar-refractivity contribution in [2.24, 2.45) is 0 Å². The van der Waals surface area contributed by atoms with Crippen LogP contribution < -0.4 is 4.74 Å². The first kappa shape index (κ1) is 23.8. The normalized spacial score (nSPS) is 15.8. The summed E-state index contributed by atoms with van der Waals surface area (Å²) in [5, 5.41) is 0. The van der Waals surface area contributed by atoms with Crippen molar-refractivity contribution >= 4 is 17.7 Å². The highest BCUT2D eigenvalue weighted by molar-refractivity contribution is 6.21. The number of benzene rings is 3. The maximum atomic E-state index is 13.4. The van der Waals surface area contributed by atoms with Crippen molar-refractivity contribution in [1.82, 2.24) is 14.7 Å². The Labute approximate surface area is 210 Å². The molecule has 7 heteroatoms. The second-order valence-corrected chi connectivity index (χ2v) is 9.15. The fraction of sp³-hybridized carbons (Fsp3) is 0.276. The van der Waals surface area contributed by atoms with Crippen LogP contribution in [0.4, 0.5) is 0 Å². The molecular formula is C29H29N3O4. The molecule has 0 radical (unpaired) electrons. The monoisotopic (exact) mass is 483 g/mol. The number of imide groups is 1. The van der Waals surface area contributed by atoms with E-state index in [1.165, 1.54) is 17.6 Å². The molecule has 0 saturated carbocycles. The standard InChI is InChI=1S/C29H29N3O4/c1-36-26-12-11-22(20-32-28(34)23-9-5-6-10-24(23)29(32)35)19-25(26)27(33)31-17-15-30(16-18-31)14-13-21-7-3-2-4-8-21/h2-12,19H,13-18,20H2,1H3. The summed E-state index contributed by atoms with van der Waals surface area (Å²) in [5.41, 5.74) is 3.30. The third kappa shape index (κ3) is 4.75. The van der Waals surface area contributed by atoms with Gasteiger partial charge in [0.1, 0.15) is 5.75 Å². The van der Waals surface area contributed by atoms with Gasteiger partial charge >= 0.3 is 0 Å². The number of amides is 3. The summed E-state index contributed by atoms with van der Waals surface area (Å²) in [6.45, 7) is 3.97. The molecule has 0 spiro atoms. The molecule has 0 unspecified atom stereocenters. The number of hydrogen-bond donors (Lipinski definition) is 0. The summed E-state index contributed by atoms with van der Waals surface area (Å²) < 4.78 is 5.48. The predicted molar refractivity (Wildman–Crippen MR) is 136 cm³/mol. The van der Waals surface area contributed by atoms with Crippen LogP contribution in [-0.2, 0) is 13.0 Å². The van der Waals surface area contributed by atoms with Crippen LogP contribution in [0.25, 0.3) is 0 Å². The van der Waals surface area contributed by atoms with Crippen molar-refractivity contribution in [3.63, 3.8) is 0 Å². The van der Waals surface area contributed by atoms with Crippen LogP contribution in [-0.4, -0.2) is 72.3 Å². The van der Waals surface area contributed by atoms with Crippen molar-refractivity contribution in [2.75, 3.05) is 39.8 Å². The predicted octanol–water partition coefficient (Wildman–Crippen LogP) is 3.49. The molecule has 3 aromatic rings. The SMILES string of the molecule is COc1ccc(CN2C(=O)c3ccccc3C2=O)cc1C(=O)N1CCN(CCc2ccccc2)CC1. The number of ether oxygens (including phenoxy) is 1. The van der Waals surface area contributed by atoms with E-state index >= 15 is 0 Å². The number of carbonyl (C=O) groups excluding carboxylic acids is 3. The summed E-state index contributed by atoms with van der Waals surface area (Å²) in [4.78, 5) is 44.5. The van der Waals surface area contributed by atoms with Gasteiger partial charge < -0.3 is 9.64 Å². The Hall–Kier alpha value is -3.97. The van der Waals surface area contributed by atoms with Crippen molar-refractivity contribution < 1.29 is 19.1 Å². The molecule has 2 aliphatic rings. The van der Waals surface area contributed by atoms with E-state index in [4.69, 9.17) is 4.74 Å². The van der Waals surface area contributed by atoms with Crippen LogP contribution in [0, 0.1) is 0 Å². The van der Waals surface area contributed by atoms with Gasteiger partial charge in [-0.15, -0.1) is 0 Å². The smallest absolute Gasteiger partial charge is 0.261 e. The zero-order chi connectivity index (χ0) is 25.1. The van der Waals surface area contributed by atoms with Gasteiger partial charge in [0.2, 0.25) is 0 Å². The van der Waals surface area contributed by atoms with E-state index in [2.05, 4.69) is 29.2 Å². The Morgan fingerprint density at radius 3 is 2.08 bits per heavy atom. The second-order valence-electron chi connectivity index (χ2n) is 9.15. The lowest BCUT2D eigenvalue weighted by molar-refractivity contribution is 0.0633. The number of nitrogens with zero attached hydrogens (tertiary/aromatic N) is 3. The fourth-order valence-corrected chi connectivity index (χ4v) is 4.86. The Morgan fingerprint density at radius 2 is 1.44 bits per heavy atom. The molecule has 3 amide bonds. The van der Waals surface area contributed by atoms with Crippen molar-refractivity contribution in [1.29, 1.82) is 0 Å². The Kier molecular flexibility index (Phi) is 6.82. The summed E-state index contributed by atoms with van der Waals surface area (Å²) >= 11 is 0. The molecule has 0 atom stereocenters. The lowest BCUT2D eigenvalue weighted by Gasteiger charge is -2.35. The Balaban J connectivity index is 1.24. The number of fused-ring (bicyclic) bond motifs is 1. The summed E-state index contributed by atoms with van der Waals surface area (Å²) in [5.74, 6) is -0.242. The van der Waals surface area contributed by atoms with Crippen molar-refractivity contribution in [2.45, 2.75) is 13.0 Å². The number of hydrogen-bond acceptors (Lipinski definition) is 5. The molecule has 2 aliphatic heterocycles. The number of carbonyl (C=O) groups is 3. The lowest BCUT2D eigenvalue weighted by Crippen LogP contribution is -2.49. The summed E-state index contributed by atoms with van der Waals surface area (Å²) in [6.07, 6.45) is 0.989. The quantitative estimate of drug-likeness (QED) is 0.481. The molecule has 1 fully saturated rings. The lowest BCUT2D eigenvalue weighted by atomic mass is 10.1. The van der Waals surface area contributed by atoms with Gasteiger partial charge in [0.05, 0.1) is 30.3 Å². The molecule has 0 aromatic heterocycles. The molecule has 3 aromatic carbocycles. The van der Waals surface area contributed by atoms with Gasteiger partial charge in [-0.3, -0.25) is 24.2 Å². The summed E-state index contributed by atoms with van der Waals surface area (Å²) in [7, 11) is 1.54. The van der Waals surface area contributed by atoms with Crippen LogP contribution >= 0.6 is 0 Å². The molecule has 0 bridgehead atoms. The third-order valence-corrected chi connectivity index (χ3v) is 6.93. The van der Waals surface area contributed by atoms with Gasteiger partial charge in [0.25, 0.3) is 17.7 Å².